The Labute approximate surface area is 122 Å². The molecule has 21 heavy (non-hydrogen) atoms. The van der Waals surface area contributed by atoms with Crippen LogP contribution in [0.15, 0.2) is 30.3 Å². The summed E-state index contributed by atoms with van der Waals surface area (Å²) in [7, 11) is 1.46. The average Bonchev–Trinajstić information content (AvgIpc) is 2.49. The Hall–Kier alpha value is -2.65. The fraction of sp³-hybridized carbons (Fsp3) is 0.267. The van der Waals surface area contributed by atoms with Crippen LogP contribution in [0.1, 0.15) is 17.5 Å². The number of rotatable bonds is 7. The Morgan fingerprint density at radius 1 is 1.43 bits per heavy atom. The molecule has 0 aromatic heterocycles. The molecule has 0 fully saturated rings. The number of methoxy groups -OCH3 is 1. The van der Waals surface area contributed by atoms with E-state index >= 15 is 0 Å². The van der Waals surface area contributed by atoms with Crippen molar-refractivity contribution < 1.29 is 19.4 Å². The Bertz CT molecular complexity index is 558. The second-order valence-corrected chi connectivity index (χ2v) is 4.25. The molecule has 0 aliphatic carbocycles. The zero-order valence-corrected chi connectivity index (χ0v) is 11.6. The molecule has 2 N–H and O–H groups in total. The van der Waals surface area contributed by atoms with E-state index in [9.17, 15) is 9.59 Å². The van der Waals surface area contributed by atoms with Crippen molar-refractivity contribution in [3.05, 3.63) is 41.5 Å². The highest BCUT2D eigenvalue weighted by atomic mass is 16.5. The zero-order chi connectivity index (χ0) is 15.7. The van der Waals surface area contributed by atoms with Crippen molar-refractivity contribution in [1.82, 2.24) is 5.32 Å². The summed E-state index contributed by atoms with van der Waals surface area (Å²) < 4.78 is 4.80. The molecule has 0 saturated carbocycles. The lowest BCUT2D eigenvalue weighted by Gasteiger charge is -2.12. The van der Waals surface area contributed by atoms with Crippen molar-refractivity contribution in [2.75, 3.05) is 13.7 Å². The smallest absolute Gasteiger partial charge is 0.326 e. The predicted molar refractivity (Wildman–Crippen MR) is 76.3 cm³/mol. The van der Waals surface area contributed by atoms with E-state index in [1.807, 2.05) is 6.07 Å². The van der Waals surface area contributed by atoms with Crippen molar-refractivity contribution in [3.8, 4) is 6.07 Å². The summed E-state index contributed by atoms with van der Waals surface area (Å²) in [5, 5.41) is 20.0. The van der Waals surface area contributed by atoms with Gasteiger partial charge in [-0.05, 0) is 23.8 Å². The monoisotopic (exact) mass is 288 g/mol. The molecule has 0 spiro atoms. The Morgan fingerprint density at radius 2 is 2.10 bits per heavy atom. The molecule has 0 radical (unpaired) electrons. The van der Waals surface area contributed by atoms with Crippen LogP contribution >= 0.6 is 0 Å². The molecule has 0 aliphatic rings. The van der Waals surface area contributed by atoms with Gasteiger partial charge < -0.3 is 15.2 Å². The number of hydrogen-bond donors (Lipinski definition) is 2. The van der Waals surface area contributed by atoms with Crippen LogP contribution in [-0.4, -0.2) is 36.7 Å². The third-order valence-electron chi connectivity index (χ3n) is 2.69. The third kappa shape index (κ3) is 5.89. The molecular formula is C15H16N2O4. The van der Waals surface area contributed by atoms with E-state index in [-0.39, 0.29) is 13.0 Å². The topological polar surface area (TPSA) is 99.4 Å². The summed E-state index contributed by atoms with van der Waals surface area (Å²) in [6.07, 6.45) is 3.00. The van der Waals surface area contributed by atoms with Gasteiger partial charge in [0.1, 0.15) is 6.04 Å². The van der Waals surface area contributed by atoms with Crippen LogP contribution in [0.4, 0.5) is 0 Å². The minimum atomic E-state index is -1.10. The van der Waals surface area contributed by atoms with E-state index < -0.39 is 17.9 Å². The summed E-state index contributed by atoms with van der Waals surface area (Å²) in [4.78, 5) is 22.6. The first-order valence-corrected chi connectivity index (χ1v) is 6.27. The van der Waals surface area contributed by atoms with E-state index in [1.165, 1.54) is 13.2 Å². The van der Waals surface area contributed by atoms with E-state index in [2.05, 4.69) is 5.32 Å². The van der Waals surface area contributed by atoms with Crippen LogP contribution in [0.25, 0.3) is 6.08 Å². The average molecular weight is 288 g/mol. The first-order chi connectivity index (χ1) is 10.1. The number of carboxylic acids is 1. The van der Waals surface area contributed by atoms with Gasteiger partial charge in [-0.15, -0.1) is 0 Å². The highest BCUT2D eigenvalue weighted by molar-refractivity contribution is 5.94. The van der Waals surface area contributed by atoms with Gasteiger partial charge in [-0.3, -0.25) is 4.79 Å². The lowest BCUT2D eigenvalue weighted by Crippen LogP contribution is -2.40. The summed E-state index contributed by atoms with van der Waals surface area (Å²) in [5.41, 5.74) is 1.27. The summed E-state index contributed by atoms with van der Waals surface area (Å²) in [6.45, 7) is 0.247. The number of carboxylic acid groups (broad SMARTS) is 1. The lowest BCUT2D eigenvalue weighted by molar-refractivity contribution is -0.141. The lowest BCUT2D eigenvalue weighted by atomic mass is 10.1. The van der Waals surface area contributed by atoms with Crippen molar-refractivity contribution in [2.45, 2.75) is 12.5 Å². The fourth-order valence-electron chi connectivity index (χ4n) is 1.55. The van der Waals surface area contributed by atoms with Crippen LogP contribution in [0.5, 0.6) is 0 Å². The maximum atomic E-state index is 11.7. The first kappa shape index (κ1) is 16.4. The Kier molecular flexibility index (Phi) is 6.65. The van der Waals surface area contributed by atoms with Crippen LogP contribution in [0.2, 0.25) is 0 Å². The van der Waals surface area contributed by atoms with Crippen LogP contribution in [0.3, 0.4) is 0 Å². The number of carbonyl (C=O) groups excluding carboxylic acids is 1. The Balaban J connectivity index is 2.60. The highest BCUT2D eigenvalue weighted by Crippen LogP contribution is 2.05. The quantitative estimate of drug-likeness (QED) is 0.734. The second kappa shape index (κ2) is 8.51. The van der Waals surface area contributed by atoms with E-state index in [4.69, 9.17) is 15.1 Å². The minimum Gasteiger partial charge on any atom is -0.480 e. The number of nitrogens with zero attached hydrogens (tertiary/aromatic N) is 1. The molecule has 110 valence electrons. The highest BCUT2D eigenvalue weighted by Gasteiger charge is 2.18. The van der Waals surface area contributed by atoms with Gasteiger partial charge in [-0.1, -0.05) is 12.1 Å². The van der Waals surface area contributed by atoms with Gasteiger partial charge in [-0.2, -0.15) is 5.26 Å². The molecule has 1 aromatic rings. The van der Waals surface area contributed by atoms with Crippen molar-refractivity contribution in [1.29, 1.82) is 5.26 Å². The number of aliphatic carboxylic acids is 1. The van der Waals surface area contributed by atoms with Gasteiger partial charge in [0, 0.05) is 26.2 Å². The van der Waals surface area contributed by atoms with Crippen molar-refractivity contribution in [2.24, 2.45) is 0 Å². The molecule has 1 amide bonds. The fourth-order valence-corrected chi connectivity index (χ4v) is 1.55. The summed E-state index contributed by atoms with van der Waals surface area (Å²) >= 11 is 0. The summed E-state index contributed by atoms with van der Waals surface area (Å²) in [5.74, 6) is -1.60. The van der Waals surface area contributed by atoms with Crippen LogP contribution in [0, 0.1) is 11.3 Å². The van der Waals surface area contributed by atoms with E-state index in [0.29, 0.717) is 5.56 Å². The van der Waals surface area contributed by atoms with Gasteiger partial charge in [0.25, 0.3) is 0 Å². The van der Waals surface area contributed by atoms with E-state index in [1.54, 1.807) is 30.3 Å². The largest absolute Gasteiger partial charge is 0.480 e. The SMILES string of the molecule is COCCC(NC(=O)C=Cc1ccc(C#N)cc1)C(=O)O. The number of carbonyl (C=O) groups is 2. The number of nitriles is 1. The molecule has 0 heterocycles. The van der Waals surface area contributed by atoms with Crippen molar-refractivity contribution in [3.63, 3.8) is 0 Å². The number of amides is 1. The van der Waals surface area contributed by atoms with Crippen LogP contribution < -0.4 is 5.32 Å². The molecule has 0 aliphatic heterocycles. The maximum absolute atomic E-state index is 11.7. The zero-order valence-electron chi connectivity index (χ0n) is 11.6. The van der Waals surface area contributed by atoms with Gasteiger partial charge in [0.05, 0.1) is 11.6 Å². The Morgan fingerprint density at radius 3 is 2.62 bits per heavy atom. The van der Waals surface area contributed by atoms with Crippen molar-refractivity contribution >= 4 is 18.0 Å². The molecule has 1 unspecified atom stereocenters. The molecule has 0 saturated heterocycles. The maximum Gasteiger partial charge on any atom is 0.326 e. The second-order valence-electron chi connectivity index (χ2n) is 4.25. The normalized spacial score (nSPS) is 11.8. The molecule has 1 aromatic carbocycles. The van der Waals surface area contributed by atoms with Crippen LogP contribution in [-0.2, 0) is 14.3 Å². The number of ether oxygens (including phenoxy) is 1. The van der Waals surface area contributed by atoms with E-state index in [0.717, 1.165) is 5.56 Å². The molecule has 6 heteroatoms. The van der Waals surface area contributed by atoms with Gasteiger partial charge in [-0.25, -0.2) is 4.79 Å². The molecule has 6 nitrogen and oxygen atoms in total. The summed E-state index contributed by atoms with van der Waals surface area (Å²) in [6, 6.07) is 7.68. The molecule has 1 rings (SSSR count). The molecular weight excluding hydrogens is 272 g/mol. The predicted octanol–water partition coefficient (Wildman–Crippen LogP) is 1.18. The minimum absolute atomic E-state index is 0.197. The van der Waals surface area contributed by atoms with Gasteiger partial charge in [0.15, 0.2) is 0 Å². The first-order valence-electron chi connectivity index (χ1n) is 6.27. The number of hydrogen-bond acceptors (Lipinski definition) is 4. The number of nitrogens with one attached hydrogen (secondary N) is 1. The molecule has 0 bridgehead atoms. The van der Waals surface area contributed by atoms with Gasteiger partial charge >= 0.3 is 5.97 Å². The third-order valence-corrected chi connectivity index (χ3v) is 2.69. The molecule has 1 atom stereocenters. The van der Waals surface area contributed by atoms with Gasteiger partial charge in [0.2, 0.25) is 5.91 Å². The number of benzene rings is 1. The standard InChI is InChI=1S/C15H16N2O4/c1-21-9-8-13(15(19)20)17-14(18)7-6-11-2-4-12(10-16)5-3-11/h2-7,13H,8-9H2,1H3,(H,17,18)(H,19,20).